The van der Waals surface area contributed by atoms with Crippen LogP contribution in [0.2, 0.25) is 5.02 Å². The van der Waals surface area contributed by atoms with Crippen LogP contribution in [0.15, 0.2) is 18.5 Å². The van der Waals surface area contributed by atoms with Gasteiger partial charge in [0.25, 0.3) is 0 Å². The number of hydrogen-bond donors (Lipinski definition) is 1. The molecular weight excluding hydrogens is 276 g/mol. The minimum absolute atomic E-state index is 0.229. The molecule has 0 saturated carbocycles. The van der Waals surface area contributed by atoms with Crippen LogP contribution in [0.3, 0.4) is 0 Å². The van der Waals surface area contributed by atoms with E-state index in [1.807, 2.05) is 6.07 Å². The fraction of sp³-hybridized carbons (Fsp3) is 0.667. The van der Waals surface area contributed by atoms with Crippen LogP contribution < -0.4 is 0 Å². The quantitative estimate of drug-likeness (QED) is 0.928. The molecule has 3 atom stereocenters. The summed E-state index contributed by atoms with van der Waals surface area (Å²) >= 11 is 6.20. The van der Waals surface area contributed by atoms with Crippen LogP contribution in [0.25, 0.3) is 0 Å². The van der Waals surface area contributed by atoms with Gasteiger partial charge >= 0.3 is 0 Å². The summed E-state index contributed by atoms with van der Waals surface area (Å²) in [5.41, 5.74) is 1.11. The number of aliphatic hydroxyl groups is 1. The van der Waals surface area contributed by atoms with E-state index in [4.69, 9.17) is 16.3 Å². The highest BCUT2D eigenvalue weighted by Gasteiger charge is 2.37. The van der Waals surface area contributed by atoms with Gasteiger partial charge in [0.1, 0.15) is 0 Å². The lowest BCUT2D eigenvalue weighted by Crippen LogP contribution is -2.45. The van der Waals surface area contributed by atoms with Crippen molar-refractivity contribution in [1.29, 1.82) is 0 Å². The number of rotatable bonds is 3. The second-order valence-corrected chi connectivity index (χ2v) is 6.15. The summed E-state index contributed by atoms with van der Waals surface area (Å²) in [4.78, 5) is 6.46. The van der Waals surface area contributed by atoms with Crippen molar-refractivity contribution in [3.05, 3.63) is 29.0 Å². The molecule has 3 rings (SSSR count). The van der Waals surface area contributed by atoms with Gasteiger partial charge in [-0.3, -0.25) is 9.88 Å². The van der Waals surface area contributed by atoms with Crippen molar-refractivity contribution < 1.29 is 9.84 Å². The van der Waals surface area contributed by atoms with Crippen molar-refractivity contribution in [2.45, 2.75) is 38.0 Å². The smallest absolute Gasteiger partial charge is 0.0634 e. The zero-order valence-electron chi connectivity index (χ0n) is 11.5. The Hall–Kier alpha value is -0.680. The number of ether oxygens (including phenoxy) is 1. The monoisotopic (exact) mass is 296 g/mol. The third-order valence-electron chi connectivity index (χ3n) is 4.50. The standard InChI is InChI=1S/C15H21ClN2O2/c16-13-8-17-5-3-11(13)9-18-6-1-2-14(18)12-10-20-7-4-15(12)19/h3,5,8,12,14-15,19H,1-2,4,6-7,9-10H2/t12-,14+,15+/m0/s1. The van der Waals surface area contributed by atoms with Crippen molar-refractivity contribution in [1.82, 2.24) is 9.88 Å². The zero-order chi connectivity index (χ0) is 13.9. The number of nitrogens with zero attached hydrogens (tertiary/aromatic N) is 2. The summed E-state index contributed by atoms with van der Waals surface area (Å²) in [6.07, 6.45) is 6.31. The van der Waals surface area contributed by atoms with Crippen LogP contribution >= 0.6 is 11.6 Å². The maximum atomic E-state index is 10.2. The number of aliphatic hydroxyl groups excluding tert-OH is 1. The number of hydrogen-bond acceptors (Lipinski definition) is 4. The summed E-state index contributed by atoms with van der Waals surface area (Å²) < 4.78 is 5.56. The van der Waals surface area contributed by atoms with E-state index in [2.05, 4.69) is 9.88 Å². The molecule has 2 aliphatic rings. The van der Waals surface area contributed by atoms with E-state index in [0.29, 0.717) is 19.3 Å². The highest BCUT2D eigenvalue weighted by atomic mass is 35.5. The molecule has 0 unspecified atom stereocenters. The van der Waals surface area contributed by atoms with Crippen LogP contribution in [0.4, 0.5) is 0 Å². The molecule has 2 fully saturated rings. The van der Waals surface area contributed by atoms with Crippen molar-refractivity contribution in [3.63, 3.8) is 0 Å². The van der Waals surface area contributed by atoms with Gasteiger partial charge in [-0.1, -0.05) is 11.6 Å². The third-order valence-corrected chi connectivity index (χ3v) is 4.84. The van der Waals surface area contributed by atoms with Crippen LogP contribution in [0.5, 0.6) is 0 Å². The Morgan fingerprint density at radius 3 is 3.15 bits per heavy atom. The van der Waals surface area contributed by atoms with E-state index < -0.39 is 0 Å². The first-order valence-electron chi connectivity index (χ1n) is 7.34. The normalized spacial score (nSPS) is 31.6. The second-order valence-electron chi connectivity index (χ2n) is 5.74. The molecule has 0 spiro atoms. The van der Waals surface area contributed by atoms with Gasteiger partial charge in [0.05, 0.1) is 17.7 Å². The molecule has 20 heavy (non-hydrogen) atoms. The predicted octanol–water partition coefficient (Wildman–Crippen LogP) is 2.10. The van der Waals surface area contributed by atoms with Crippen molar-refractivity contribution in [2.75, 3.05) is 19.8 Å². The Bertz CT molecular complexity index is 457. The molecule has 3 heterocycles. The van der Waals surface area contributed by atoms with Gasteiger partial charge < -0.3 is 9.84 Å². The van der Waals surface area contributed by atoms with Gasteiger partial charge in [-0.2, -0.15) is 0 Å². The molecule has 0 bridgehead atoms. The molecular formula is C15H21ClN2O2. The average molecular weight is 297 g/mol. The third kappa shape index (κ3) is 2.98. The predicted molar refractivity (Wildman–Crippen MR) is 77.6 cm³/mol. The fourth-order valence-corrected chi connectivity index (χ4v) is 3.58. The number of pyridine rings is 1. The molecule has 2 aliphatic heterocycles. The number of aromatic nitrogens is 1. The molecule has 5 heteroatoms. The Morgan fingerprint density at radius 1 is 1.45 bits per heavy atom. The summed E-state index contributed by atoms with van der Waals surface area (Å²) in [6, 6.07) is 2.38. The van der Waals surface area contributed by atoms with Gasteiger partial charge in [-0.15, -0.1) is 0 Å². The maximum Gasteiger partial charge on any atom is 0.0634 e. The van der Waals surface area contributed by atoms with Crippen molar-refractivity contribution in [3.8, 4) is 0 Å². The molecule has 1 aromatic heterocycles. The van der Waals surface area contributed by atoms with Gasteiger partial charge in [0, 0.05) is 37.5 Å². The van der Waals surface area contributed by atoms with E-state index in [0.717, 1.165) is 36.5 Å². The lowest BCUT2D eigenvalue weighted by molar-refractivity contribution is -0.0636. The van der Waals surface area contributed by atoms with Crippen LogP contribution in [0, 0.1) is 5.92 Å². The van der Waals surface area contributed by atoms with Crippen LogP contribution in [-0.2, 0) is 11.3 Å². The van der Waals surface area contributed by atoms with E-state index in [-0.39, 0.29) is 12.0 Å². The summed E-state index contributed by atoms with van der Waals surface area (Å²) in [6.45, 7) is 3.24. The van der Waals surface area contributed by atoms with Crippen LogP contribution in [-0.4, -0.2) is 46.9 Å². The Labute approximate surface area is 124 Å². The lowest BCUT2D eigenvalue weighted by atomic mass is 9.89. The Balaban J connectivity index is 1.71. The SMILES string of the molecule is O[C@@H]1CCOC[C@H]1[C@H]1CCCN1Cc1ccncc1Cl. The summed E-state index contributed by atoms with van der Waals surface area (Å²) in [7, 11) is 0. The molecule has 2 saturated heterocycles. The zero-order valence-corrected chi connectivity index (χ0v) is 12.3. The van der Waals surface area contributed by atoms with Gasteiger partial charge in [-0.25, -0.2) is 0 Å². The Kier molecular flexibility index (Phi) is 4.56. The molecule has 0 amide bonds. The topological polar surface area (TPSA) is 45.6 Å². The van der Waals surface area contributed by atoms with Gasteiger partial charge in [0.2, 0.25) is 0 Å². The molecule has 1 N–H and O–H groups in total. The van der Waals surface area contributed by atoms with Gasteiger partial charge in [0.15, 0.2) is 0 Å². The molecule has 1 aromatic rings. The van der Waals surface area contributed by atoms with E-state index >= 15 is 0 Å². The van der Waals surface area contributed by atoms with Crippen molar-refractivity contribution >= 4 is 11.6 Å². The molecule has 0 radical (unpaired) electrons. The fourth-order valence-electron chi connectivity index (χ4n) is 3.40. The molecule has 4 nitrogen and oxygen atoms in total. The molecule has 110 valence electrons. The summed E-state index contributed by atoms with van der Waals surface area (Å²) in [5, 5.41) is 10.9. The highest BCUT2D eigenvalue weighted by Crippen LogP contribution is 2.31. The first-order chi connectivity index (χ1) is 9.75. The van der Waals surface area contributed by atoms with E-state index in [9.17, 15) is 5.11 Å². The first-order valence-corrected chi connectivity index (χ1v) is 7.72. The molecule has 0 aliphatic carbocycles. The first kappa shape index (κ1) is 14.3. The largest absolute Gasteiger partial charge is 0.393 e. The average Bonchev–Trinajstić information content (AvgIpc) is 2.90. The highest BCUT2D eigenvalue weighted by molar-refractivity contribution is 6.31. The summed E-state index contributed by atoms with van der Waals surface area (Å²) in [5.74, 6) is 0.229. The van der Waals surface area contributed by atoms with Gasteiger partial charge in [-0.05, 0) is 37.4 Å². The maximum absolute atomic E-state index is 10.2. The van der Waals surface area contributed by atoms with Crippen LogP contribution in [0.1, 0.15) is 24.8 Å². The number of likely N-dealkylation sites (tertiary alicyclic amines) is 1. The number of halogens is 1. The van der Waals surface area contributed by atoms with Crippen molar-refractivity contribution in [2.24, 2.45) is 5.92 Å². The van der Waals surface area contributed by atoms with E-state index in [1.54, 1.807) is 12.4 Å². The minimum atomic E-state index is -0.234. The molecule has 0 aromatic carbocycles. The lowest BCUT2D eigenvalue weighted by Gasteiger charge is -2.37. The Morgan fingerprint density at radius 2 is 2.35 bits per heavy atom. The minimum Gasteiger partial charge on any atom is -0.393 e. The second kappa shape index (κ2) is 6.39. The van der Waals surface area contributed by atoms with E-state index in [1.165, 1.54) is 6.42 Å².